The van der Waals surface area contributed by atoms with Crippen LogP contribution in [-0.4, -0.2) is 41.1 Å². The molecular weight excluding hydrogens is 476 g/mol. The Labute approximate surface area is 223 Å². The summed E-state index contributed by atoms with van der Waals surface area (Å²) in [6.45, 7) is 4.18. The van der Waals surface area contributed by atoms with Crippen molar-refractivity contribution < 1.29 is 14.3 Å². The fraction of sp³-hybridized carbons (Fsp3) is 0.226. The van der Waals surface area contributed by atoms with E-state index < -0.39 is 0 Å². The highest BCUT2D eigenvalue weighted by molar-refractivity contribution is 6.00. The number of nitrogens with zero attached hydrogens (tertiary/aromatic N) is 3. The molecule has 4 aromatic rings. The molecule has 38 heavy (non-hydrogen) atoms. The first-order chi connectivity index (χ1) is 18.5. The van der Waals surface area contributed by atoms with Crippen molar-refractivity contribution in [1.82, 2.24) is 14.8 Å². The number of methoxy groups -OCH3 is 1. The molecule has 1 atom stereocenters. The van der Waals surface area contributed by atoms with Gasteiger partial charge in [0.25, 0.3) is 0 Å². The molecule has 1 aliphatic rings. The number of hydrogen-bond acceptors (Lipinski definition) is 3. The molecule has 1 aliphatic heterocycles. The van der Waals surface area contributed by atoms with Crippen LogP contribution in [0.4, 0.5) is 10.5 Å². The summed E-state index contributed by atoms with van der Waals surface area (Å²) in [6, 6.07) is 28.6. The maximum absolute atomic E-state index is 14.2. The molecule has 3 aromatic carbocycles. The third-order valence-corrected chi connectivity index (χ3v) is 6.90. The zero-order chi connectivity index (χ0) is 26.6. The number of carbonyl (C=O) groups excluding carboxylic acids is 2. The zero-order valence-electron chi connectivity index (χ0n) is 21.9. The lowest BCUT2D eigenvalue weighted by Gasteiger charge is -2.40. The SMILES string of the molecule is COc1ccc(C2c3cccn3-c3ccccc3N2C(=O)CN(C(=O)NCc2ccccc2)C(C)C)cc1. The molecule has 1 aromatic heterocycles. The van der Waals surface area contributed by atoms with E-state index >= 15 is 0 Å². The second-order valence-electron chi connectivity index (χ2n) is 9.60. The molecule has 7 heteroatoms. The predicted octanol–water partition coefficient (Wildman–Crippen LogP) is 5.54. The molecule has 0 spiro atoms. The van der Waals surface area contributed by atoms with Gasteiger partial charge in [0, 0.05) is 18.8 Å². The summed E-state index contributed by atoms with van der Waals surface area (Å²) in [5.41, 5.74) is 4.66. The van der Waals surface area contributed by atoms with E-state index in [4.69, 9.17) is 4.74 Å². The first-order valence-electron chi connectivity index (χ1n) is 12.8. The number of rotatable bonds is 7. The molecule has 0 aliphatic carbocycles. The Bertz CT molecular complexity index is 1410. The van der Waals surface area contributed by atoms with E-state index in [1.54, 1.807) is 12.0 Å². The topological polar surface area (TPSA) is 66.8 Å². The van der Waals surface area contributed by atoms with Crippen molar-refractivity contribution in [2.75, 3.05) is 18.6 Å². The van der Waals surface area contributed by atoms with Crippen molar-refractivity contribution in [3.8, 4) is 11.4 Å². The highest BCUT2D eigenvalue weighted by atomic mass is 16.5. The third-order valence-electron chi connectivity index (χ3n) is 6.90. The van der Waals surface area contributed by atoms with Gasteiger partial charge in [0.15, 0.2) is 0 Å². The molecule has 7 nitrogen and oxygen atoms in total. The van der Waals surface area contributed by atoms with Gasteiger partial charge in [-0.3, -0.25) is 9.69 Å². The number of urea groups is 1. The Kier molecular flexibility index (Phi) is 7.18. The molecule has 0 fully saturated rings. The molecule has 1 unspecified atom stereocenters. The van der Waals surface area contributed by atoms with E-state index in [1.807, 2.05) is 116 Å². The van der Waals surface area contributed by atoms with Gasteiger partial charge in [-0.2, -0.15) is 0 Å². The van der Waals surface area contributed by atoms with Gasteiger partial charge in [-0.1, -0.05) is 54.6 Å². The number of ether oxygens (including phenoxy) is 1. The van der Waals surface area contributed by atoms with Crippen molar-refractivity contribution in [3.63, 3.8) is 0 Å². The molecule has 0 saturated heterocycles. The van der Waals surface area contributed by atoms with Crippen molar-refractivity contribution in [2.45, 2.75) is 32.5 Å². The van der Waals surface area contributed by atoms with Crippen LogP contribution < -0.4 is 15.0 Å². The van der Waals surface area contributed by atoms with E-state index in [1.165, 1.54) is 0 Å². The lowest BCUT2D eigenvalue weighted by atomic mass is 9.97. The molecule has 194 valence electrons. The van der Waals surface area contributed by atoms with Crippen LogP contribution in [0.1, 0.15) is 36.7 Å². The maximum Gasteiger partial charge on any atom is 0.318 e. The summed E-state index contributed by atoms with van der Waals surface area (Å²) < 4.78 is 7.49. The maximum atomic E-state index is 14.2. The average molecular weight is 509 g/mol. The molecule has 5 rings (SSSR count). The number of amides is 3. The predicted molar refractivity (Wildman–Crippen MR) is 149 cm³/mol. The van der Waals surface area contributed by atoms with Crippen LogP contribution >= 0.6 is 0 Å². The van der Waals surface area contributed by atoms with Crippen molar-refractivity contribution in [2.24, 2.45) is 0 Å². The monoisotopic (exact) mass is 508 g/mol. The Morgan fingerprint density at radius 1 is 0.895 bits per heavy atom. The number of para-hydroxylation sites is 2. The standard InChI is InChI=1S/C31H32N4O3/c1-22(2)34(31(37)32-20-23-10-5-4-6-11-23)21-29(36)35-27-13-8-7-12-26(27)33-19-9-14-28(33)30(35)24-15-17-25(38-3)18-16-24/h4-19,22,30H,20-21H2,1-3H3,(H,32,37). The quantitative estimate of drug-likeness (QED) is 0.356. The number of benzene rings is 3. The largest absolute Gasteiger partial charge is 0.497 e. The smallest absolute Gasteiger partial charge is 0.318 e. The minimum Gasteiger partial charge on any atom is -0.497 e. The Hall–Kier alpha value is -4.52. The van der Waals surface area contributed by atoms with Gasteiger partial charge in [-0.25, -0.2) is 4.79 Å². The lowest BCUT2D eigenvalue weighted by Crippen LogP contribution is -2.51. The molecule has 0 saturated carbocycles. The molecule has 1 N–H and O–H groups in total. The molecule has 3 amide bonds. The van der Waals surface area contributed by atoms with E-state index in [0.717, 1.165) is 33.9 Å². The molecule has 2 heterocycles. The average Bonchev–Trinajstić information content (AvgIpc) is 3.44. The van der Waals surface area contributed by atoms with Gasteiger partial charge >= 0.3 is 6.03 Å². The summed E-state index contributed by atoms with van der Waals surface area (Å²) in [6.07, 6.45) is 2.02. The molecule has 0 radical (unpaired) electrons. The van der Waals surface area contributed by atoms with E-state index in [-0.39, 0.29) is 30.6 Å². The highest BCUT2D eigenvalue weighted by Gasteiger charge is 2.37. The fourth-order valence-corrected chi connectivity index (χ4v) is 4.95. The first-order valence-corrected chi connectivity index (χ1v) is 12.8. The number of nitrogens with one attached hydrogen (secondary N) is 1. The van der Waals surface area contributed by atoms with Gasteiger partial charge in [0.1, 0.15) is 18.3 Å². The van der Waals surface area contributed by atoms with E-state index in [9.17, 15) is 9.59 Å². The minimum atomic E-state index is -0.361. The van der Waals surface area contributed by atoms with Crippen LogP contribution in [0.15, 0.2) is 97.2 Å². The van der Waals surface area contributed by atoms with E-state index in [0.29, 0.717) is 6.54 Å². The van der Waals surface area contributed by atoms with Crippen molar-refractivity contribution in [3.05, 3.63) is 114 Å². The first kappa shape index (κ1) is 25.1. The Balaban J connectivity index is 1.47. The van der Waals surface area contributed by atoms with Gasteiger partial charge in [-0.05, 0) is 61.4 Å². The van der Waals surface area contributed by atoms with E-state index in [2.05, 4.69) is 9.88 Å². The number of anilines is 1. The number of carbonyl (C=O) groups is 2. The van der Waals surface area contributed by atoms with Gasteiger partial charge in [0.05, 0.1) is 24.2 Å². The Morgan fingerprint density at radius 3 is 2.26 bits per heavy atom. The van der Waals surface area contributed by atoms with Crippen molar-refractivity contribution >= 4 is 17.6 Å². The number of hydrogen-bond donors (Lipinski definition) is 1. The van der Waals surface area contributed by atoms with Crippen LogP contribution in [0, 0.1) is 0 Å². The van der Waals surface area contributed by atoms with Crippen LogP contribution in [0.2, 0.25) is 0 Å². The normalized spacial score (nSPS) is 14.0. The summed E-state index contributed by atoms with van der Waals surface area (Å²) in [7, 11) is 1.64. The second kappa shape index (κ2) is 10.8. The van der Waals surface area contributed by atoms with Crippen molar-refractivity contribution in [1.29, 1.82) is 0 Å². The van der Waals surface area contributed by atoms with Crippen LogP contribution in [0.3, 0.4) is 0 Å². The Morgan fingerprint density at radius 2 is 1.58 bits per heavy atom. The summed E-state index contributed by atoms with van der Waals surface area (Å²) in [5.74, 6) is 0.591. The van der Waals surface area contributed by atoms with Crippen LogP contribution in [-0.2, 0) is 11.3 Å². The van der Waals surface area contributed by atoms with Gasteiger partial charge in [0.2, 0.25) is 5.91 Å². The summed E-state index contributed by atoms with van der Waals surface area (Å²) >= 11 is 0. The highest BCUT2D eigenvalue weighted by Crippen LogP contribution is 2.42. The summed E-state index contributed by atoms with van der Waals surface area (Å²) in [5, 5.41) is 2.97. The second-order valence-corrected chi connectivity index (χ2v) is 9.60. The van der Waals surface area contributed by atoms with Crippen LogP contribution in [0.25, 0.3) is 5.69 Å². The molecule has 0 bridgehead atoms. The zero-order valence-corrected chi connectivity index (χ0v) is 21.9. The third kappa shape index (κ3) is 4.87. The minimum absolute atomic E-state index is 0.0556. The number of fused-ring (bicyclic) bond motifs is 3. The number of aromatic nitrogens is 1. The lowest BCUT2D eigenvalue weighted by molar-refractivity contribution is -0.120. The summed E-state index contributed by atoms with van der Waals surface area (Å²) in [4.78, 5) is 30.8. The molecular formula is C31H32N4O3. The fourth-order valence-electron chi connectivity index (χ4n) is 4.95. The van der Waals surface area contributed by atoms with Gasteiger partial charge in [-0.15, -0.1) is 0 Å². The van der Waals surface area contributed by atoms with Gasteiger partial charge < -0.3 is 19.5 Å². The van der Waals surface area contributed by atoms with Crippen LogP contribution in [0.5, 0.6) is 5.75 Å².